The van der Waals surface area contributed by atoms with E-state index in [1.54, 1.807) is 12.5 Å². The molecule has 5 rings (SSSR count). The van der Waals surface area contributed by atoms with E-state index in [2.05, 4.69) is 15.6 Å². The van der Waals surface area contributed by atoms with Gasteiger partial charge in [0.2, 0.25) is 5.95 Å². The lowest BCUT2D eigenvalue weighted by atomic mass is 9.95. The van der Waals surface area contributed by atoms with Crippen molar-refractivity contribution in [3.8, 4) is 0 Å². The van der Waals surface area contributed by atoms with Crippen LogP contribution in [0.3, 0.4) is 0 Å². The number of aromatic nitrogens is 3. The number of rotatable bonds is 4. The highest BCUT2D eigenvalue weighted by molar-refractivity contribution is 7.19. The maximum atomic E-state index is 5.28. The third-order valence-electron chi connectivity index (χ3n) is 5.16. The van der Waals surface area contributed by atoms with Crippen LogP contribution in [0.15, 0.2) is 16.9 Å². The second-order valence-electron chi connectivity index (χ2n) is 6.87. The van der Waals surface area contributed by atoms with Gasteiger partial charge in [0, 0.05) is 10.9 Å². The summed E-state index contributed by atoms with van der Waals surface area (Å²) in [6, 6.07) is 0.936. The number of aryl methyl sites for hydroxylation is 2. The van der Waals surface area contributed by atoms with Gasteiger partial charge >= 0.3 is 6.01 Å². The predicted molar refractivity (Wildman–Crippen MR) is 99.7 cm³/mol. The molecule has 0 atom stereocenters. The summed E-state index contributed by atoms with van der Waals surface area (Å²) in [5.74, 6) is 1.53. The molecule has 0 aromatic carbocycles. The molecule has 2 aliphatic carbocycles. The Labute approximate surface area is 150 Å². The van der Waals surface area contributed by atoms with Crippen LogP contribution in [0.5, 0.6) is 0 Å². The van der Waals surface area contributed by atoms with Crippen molar-refractivity contribution in [3.05, 3.63) is 22.9 Å². The summed E-state index contributed by atoms with van der Waals surface area (Å²) in [7, 11) is 0. The number of nitrogens with one attached hydrogen (secondary N) is 2. The molecule has 6 nitrogen and oxygen atoms in total. The topological polar surface area (TPSA) is 75.9 Å². The van der Waals surface area contributed by atoms with E-state index >= 15 is 0 Å². The Morgan fingerprint density at radius 1 is 1.08 bits per heavy atom. The van der Waals surface area contributed by atoms with E-state index in [1.807, 2.05) is 11.3 Å². The summed E-state index contributed by atoms with van der Waals surface area (Å²) in [4.78, 5) is 16.2. The fraction of sp³-hybridized carbons (Fsp3) is 0.500. The van der Waals surface area contributed by atoms with Gasteiger partial charge in [-0.05, 0) is 37.7 Å². The van der Waals surface area contributed by atoms with Gasteiger partial charge in [0.25, 0.3) is 0 Å². The molecule has 0 saturated heterocycles. The minimum atomic E-state index is 0.423. The van der Waals surface area contributed by atoms with E-state index in [0.29, 0.717) is 18.0 Å². The Morgan fingerprint density at radius 2 is 2.00 bits per heavy atom. The van der Waals surface area contributed by atoms with Crippen LogP contribution in [0.4, 0.5) is 17.8 Å². The summed E-state index contributed by atoms with van der Waals surface area (Å²) in [6.07, 6.45) is 13.1. The van der Waals surface area contributed by atoms with Crippen LogP contribution in [0.2, 0.25) is 0 Å². The predicted octanol–water partition coefficient (Wildman–Crippen LogP) is 4.66. The number of fused-ring (bicyclic) bond motifs is 3. The maximum absolute atomic E-state index is 5.28. The summed E-state index contributed by atoms with van der Waals surface area (Å²) < 4.78 is 5.28. The molecule has 0 aliphatic heterocycles. The molecule has 130 valence electrons. The minimum absolute atomic E-state index is 0.423. The summed E-state index contributed by atoms with van der Waals surface area (Å²) >= 11 is 1.81. The van der Waals surface area contributed by atoms with Gasteiger partial charge in [0.1, 0.15) is 16.9 Å². The second kappa shape index (κ2) is 6.29. The van der Waals surface area contributed by atoms with Crippen molar-refractivity contribution in [1.29, 1.82) is 0 Å². The third-order valence-corrected chi connectivity index (χ3v) is 6.35. The Balaban J connectivity index is 1.55. The summed E-state index contributed by atoms with van der Waals surface area (Å²) in [6.45, 7) is 0. The number of hydrogen-bond acceptors (Lipinski definition) is 7. The van der Waals surface area contributed by atoms with Crippen molar-refractivity contribution in [2.45, 2.75) is 57.4 Å². The lowest BCUT2D eigenvalue weighted by Crippen LogP contribution is -2.23. The average Bonchev–Trinajstić information content (AvgIpc) is 3.33. The zero-order valence-electron chi connectivity index (χ0n) is 14.0. The minimum Gasteiger partial charge on any atom is -0.432 e. The van der Waals surface area contributed by atoms with E-state index < -0.39 is 0 Å². The van der Waals surface area contributed by atoms with Crippen LogP contribution in [-0.2, 0) is 12.8 Å². The number of thiophene rings is 1. The van der Waals surface area contributed by atoms with Gasteiger partial charge < -0.3 is 9.73 Å². The monoisotopic (exact) mass is 355 g/mol. The normalized spacial score (nSPS) is 17.8. The molecular formula is C18H21N5OS. The Bertz CT molecular complexity index is 883. The van der Waals surface area contributed by atoms with Gasteiger partial charge in [-0.15, -0.1) is 11.3 Å². The van der Waals surface area contributed by atoms with Crippen LogP contribution in [0, 0.1) is 0 Å². The molecule has 7 heteroatoms. The Kier molecular flexibility index (Phi) is 3.81. The molecule has 1 fully saturated rings. The van der Waals surface area contributed by atoms with Crippen LogP contribution in [-0.4, -0.2) is 21.0 Å². The highest BCUT2D eigenvalue weighted by Crippen LogP contribution is 2.40. The van der Waals surface area contributed by atoms with Gasteiger partial charge in [0.15, 0.2) is 0 Å². The zero-order chi connectivity index (χ0) is 16.6. The van der Waals surface area contributed by atoms with Crippen LogP contribution >= 0.6 is 11.3 Å². The zero-order valence-corrected chi connectivity index (χ0v) is 14.9. The lowest BCUT2D eigenvalue weighted by Gasteiger charge is -2.24. The molecule has 0 radical (unpaired) electrons. The van der Waals surface area contributed by atoms with E-state index in [1.165, 1.54) is 60.8 Å². The largest absolute Gasteiger partial charge is 0.432 e. The number of nitrogens with zero attached hydrogens (tertiary/aromatic N) is 3. The molecular weight excluding hydrogens is 334 g/mol. The standard InChI is InChI=1S/C18H21N5OS/c1-2-5-11(6-3-1)20-15-14-12-7-4-8-13(12)25-16(14)22-17(21-15)23-18-19-9-10-24-18/h9-11H,1-8H2,(H2,19,20,21,22,23). The first-order chi connectivity index (χ1) is 12.4. The Hall–Kier alpha value is -2.15. The molecule has 1 saturated carbocycles. The molecule has 0 amide bonds. The third kappa shape index (κ3) is 2.86. The number of anilines is 3. The molecule has 0 unspecified atom stereocenters. The fourth-order valence-electron chi connectivity index (χ4n) is 3.98. The average molecular weight is 355 g/mol. The Morgan fingerprint density at radius 3 is 2.84 bits per heavy atom. The second-order valence-corrected chi connectivity index (χ2v) is 7.96. The molecule has 25 heavy (non-hydrogen) atoms. The van der Waals surface area contributed by atoms with Gasteiger partial charge in [-0.3, -0.25) is 5.32 Å². The van der Waals surface area contributed by atoms with Crippen molar-refractivity contribution in [3.63, 3.8) is 0 Å². The lowest BCUT2D eigenvalue weighted by molar-refractivity contribution is 0.462. The maximum Gasteiger partial charge on any atom is 0.301 e. The highest BCUT2D eigenvalue weighted by Gasteiger charge is 2.24. The first kappa shape index (κ1) is 15.1. The van der Waals surface area contributed by atoms with Crippen molar-refractivity contribution < 1.29 is 4.42 Å². The van der Waals surface area contributed by atoms with E-state index in [0.717, 1.165) is 17.1 Å². The SMILES string of the molecule is c1coc(Nc2nc(NC3CCCCC3)c3c4c(sc3n2)CCC4)n1. The molecule has 2 aliphatic rings. The number of hydrogen-bond donors (Lipinski definition) is 2. The molecule has 3 heterocycles. The van der Waals surface area contributed by atoms with E-state index in [9.17, 15) is 0 Å². The van der Waals surface area contributed by atoms with E-state index in [-0.39, 0.29) is 0 Å². The molecule has 3 aromatic heterocycles. The quantitative estimate of drug-likeness (QED) is 0.709. The van der Waals surface area contributed by atoms with E-state index in [4.69, 9.17) is 14.4 Å². The fourth-order valence-corrected chi connectivity index (χ4v) is 5.24. The van der Waals surface area contributed by atoms with Crippen LogP contribution in [0.25, 0.3) is 10.2 Å². The van der Waals surface area contributed by atoms with Crippen molar-refractivity contribution in [2.75, 3.05) is 10.6 Å². The van der Waals surface area contributed by atoms with Gasteiger partial charge in [-0.25, -0.2) is 9.97 Å². The molecule has 3 aromatic rings. The summed E-state index contributed by atoms with van der Waals surface area (Å²) in [5.41, 5.74) is 1.46. The van der Waals surface area contributed by atoms with Crippen molar-refractivity contribution >= 4 is 39.3 Å². The summed E-state index contributed by atoms with van der Waals surface area (Å²) in [5, 5.41) is 8.05. The highest BCUT2D eigenvalue weighted by atomic mass is 32.1. The first-order valence-electron chi connectivity index (χ1n) is 9.12. The van der Waals surface area contributed by atoms with Crippen LogP contribution < -0.4 is 10.6 Å². The van der Waals surface area contributed by atoms with Crippen molar-refractivity contribution in [1.82, 2.24) is 15.0 Å². The smallest absolute Gasteiger partial charge is 0.301 e. The molecule has 0 bridgehead atoms. The van der Waals surface area contributed by atoms with Gasteiger partial charge in [0.05, 0.1) is 11.6 Å². The van der Waals surface area contributed by atoms with Gasteiger partial charge in [-0.2, -0.15) is 4.98 Å². The number of oxazole rings is 1. The molecule has 2 N–H and O–H groups in total. The first-order valence-corrected chi connectivity index (χ1v) is 9.94. The van der Waals surface area contributed by atoms with Crippen LogP contribution in [0.1, 0.15) is 49.0 Å². The molecule has 0 spiro atoms. The van der Waals surface area contributed by atoms with Crippen molar-refractivity contribution in [2.24, 2.45) is 0 Å². The van der Waals surface area contributed by atoms with Gasteiger partial charge in [-0.1, -0.05) is 19.3 Å².